The van der Waals surface area contributed by atoms with Gasteiger partial charge in [0.1, 0.15) is 6.04 Å². The number of hydrogen-bond acceptors (Lipinski definition) is 4. The molecule has 2 aliphatic rings. The van der Waals surface area contributed by atoms with Gasteiger partial charge in [-0.25, -0.2) is 9.88 Å². The molecule has 6 nitrogen and oxygen atoms in total. The lowest BCUT2D eigenvalue weighted by atomic mass is 10.2. The molecule has 0 radical (unpaired) electrons. The number of imidazole rings is 1. The SMILES string of the molecule is O=C1CC(N2CCn3c2nc2ccccc23)C(=O)N1c1cccc(Cl)c1. The molecule has 1 saturated heterocycles. The molecular weight excluding hydrogens is 352 g/mol. The predicted molar refractivity (Wildman–Crippen MR) is 99.4 cm³/mol. The summed E-state index contributed by atoms with van der Waals surface area (Å²) in [7, 11) is 0. The van der Waals surface area contributed by atoms with Crippen molar-refractivity contribution in [2.24, 2.45) is 0 Å². The summed E-state index contributed by atoms with van der Waals surface area (Å²) in [5, 5.41) is 0.495. The molecule has 0 bridgehead atoms. The minimum Gasteiger partial charge on any atom is -0.328 e. The molecule has 1 atom stereocenters. The second kappa shape index (κ2) is 5.57. The van der Waals surface area contributed by atoms with Gasteiger partial charge in [-0.15, -0.1) is 0 Å². The van der Waals surface area contributed by atoms with Crippen molar-refractivity contribution in [1.29, 1.82) is 0 Å². The van der Waals surface area contributed by atoms with Gasteiger partial charge in [-0.1, -0.05) is 29.8 Å². The van der Waals surface area contributed by atoms with Crippen LogP contribution in [0.25, 0.3) is 11.0 Å². The van der Waals surface area contributed by atoms with Crippen LogP contribution in [0.5, 0.6) is 0 Å². The molecule has 1 unspecified atom stereocenters. The molecule has 3 heterocycles. The topological polar surface area (TPSA) is 58.4 Å². The first-order valence-electron chi connectivity index (χ1n) is 8.48. The number of carbonyl (C=O) groups excluding carboxylic acids is 2. The van der Waals surface area contributed by atoms with Gasteiger partial charge in [0.25, 0.3) is 5.91 Å². The molecule has 0 N–H and O–H groups in total. The summed E-state index contributed by atoms with van der Waals surface area (Å²) in [6.07, 6.45) is 0.147. The molecule has 7 heteroatoms. The van der Waals surface area contributed by atoms with Crippen molar-refractivity contribution in [2.75, 3.05) is 16.3 Å². The third kappa shape index (κ3) is 2.15. The van der Waals surface area contributed by atoms with E-state index in [4.69, 9.17) is 11.6 Å². The molecule has 130 valence electrons. The molecule has 2 aliphatic heterocycles. The van der Waals surface area contributed by atoms with Crippen molar-refractivity contribution in [2.45, 2.75) is 19.0 Å². The number of amides is 2. The first-order valence-corrected chi connectivity index (χ1v) is 8.85. The van der Waals surface area contributed by atoms with E-state index in [1.54, 1.807) is 24.3 Å². The number of hydrogen-bond donors (Lipinski definition) is 0. The zero-order valence-corrected chi connectivity index (χ0v) is 14.6. The summed E-state index contributed by atoms with van der Waals surface area (Å²) in [4.78, 5) is 33.4. The molecule has 5 rings (SSSR count). The highest BCUT2D eigenvalue weighted by molar-refractivity contribution is 6.31. The van der Waals surface area contributed by atoms with Crippen LogP contribution >= 0.6 is 11.6 Å². The lowest BCUT2D eigenvalue weighted by molar-refractivity contribution is -0.121. The van der Waals surface area contributed by atoms with E-state index in [0.717, 1.165) is 23.5 Å². The van der Waals surface area contributed by atoms with E-state index < -0.39 is 6.04 Å². The smallest absolute Gasteiger partial charge is 0.257 e. The fourth-order valence-corrected chi connectivity index (χ4v) is 4.04. The maximum atomic E-state index is 13.0. The maximum absolute atomic E-state index is 13.0. The molecule has 0 saturated carbocycles. The number of imide groups is 1. The Hall–Kier alpha value is -2.86. The molecule has 1 aromatic heterocycles. The van der Waals surface area contributed by atoms with Crippen LogP contribution in [0, 0.1) is 0 Å². The molecular formula is C19H15ClN4O2. The molecule has 2 aromatic carbocycles. The number of carbonyl (C=O) groups is 2. The van der Waals surface area contributed by atoms with Gasteiger partial charge in [-0.05, 0) is 30.3 Å². The predicted octanol–water partition coefficient (Wildman–Crippen LogP) is 2.84. The van der Waals surface area contributed by atoms with Gasteiger partial charge in [-0.2, -0.15) is 0 Å². The van der Waals surface area contributed by atoms with E-state index in [-0.39, 0.29) is 18.2 Å². The van der Waals surface area contributed by atoms with Gasteiger partial charge in [0.2, 0.25) is 11.9 Å². The number of para-hydroxylation sites is 2. The molecule has 2 amide bonds. The normalized spacial score (nSPS) is 19.7. The van der Waals surface area contributed by atoms with E-state index in [1.165, 1.54) is 4.90 Å². The van der Waals surface area contributed by atoms with Crippen LogP contribution < -0.4 is 9.80 Å². The zero-order chi connectivity index (χ0) is 17.8. The van der Waals surface area contributed by atoms with Crippen LogP contribution in [0.4, 0.5) is 11.6 Å². The van der Waals surface area contributed by atoms with Gasteiger partial charge in [-0.3, -0.25) is 9.59 Å². The Bertz CT molecular complexity index is 1060. The molecule has 26 heavy (non-hydrogen) atoms. The van der Waals surface area contributed by atoms with Crippen LogP contribution in [0.3, 0.4) is 0 Å². The fraction of sp³-hybridized carbons (Fsp3) is 0.211. The minimum atomic E-state index is -0.528. The second-order valence-electron chi connectivity index (χ2n) is 6.51. The first kappa shape index (κ1) is 15.4. The van der Waals surface area contributed by atoms with Gasteiger partial charge >= 0.3 is 0 Å². The number of aromatic nitrogens is 2. The Labute approximate surface area is 154 Å². The van der Waals surface area contributed by atoms with Crippen LogP contribution in [0.2, 0.25) is 5.02 Å². The van der Waals surface area contributed by atoms with Crippen LogP contribution in [-0.2, 0) is 16.1 Å². The summed E-state index contributed by atoms with van der Waals surface area (Å²) in [6.45, 7) is 1.42. The number of fused-ring (bicyclic) bond motifs is 3. The maximum Gasteiger partial charge on any atom is 0.257 e. The molecule has 0 aliphatic carbocycles. The zero-order valence-electron chi connectivity index (χ0n) is 13.8. The highest BCUT2D eigenvalue weighted by Crippen LogP contribution is 2.33. The largest absolute Gasteiger partial charge is 0.328 e. The average molecular weight is 367 g/mol. The summed E-state index contributed by atoms with van der Waals surface area (Å²) >= 11 is 6.02. The molecule has 3 aromatic rings. The highest BCUT2D eigenvalue weighted by Gasteiger charge is 2.45. The first-order chi connectivity index (χ1) is 12.6. The third-order valence-corrected chi connectivity index (χ3v) is 5.26. The number of benzene rings is 2. The van der Waals surface area contributed by atoms with Gasteiger partial charge in [0.15, 0.2) is 0 Å². The Balaban J connectivity index is 1.51. The third-order valence-electron chi connectivity index (χ3n) is 5.02. The monoisotopic (exact) mass is 366 g/mol. The van der Waals surface area contributed by atoms with Crippen LogP contribution in [-0.4, -0.2) is 34.0 Å². The summed E-state index contributed by atoms with van der Waals surface area (Å²) in [5.41, 5.74) is 2.46. The van der Waals surface area contributed by atoms with Crippen molar-refractivity contribution in [1.82, 2.24) is 9.55 Å². The van der Waals surface area contributed by atoms with E-state index in [9.17, 15) is 9.59 Å². The summed E-state index contributed by atoms with van der Waals surface area (Å²) in [5.74, 6) is 0.319. The van der Waals surface area contributed by atoms with Gasteiger partial charge in [0.05, 0.1) is 23.1 Å². The lowest BCUT2D eigenvalue weighted by Crippen LogP contribution is -2.41. The summed E-state index contributed by atoms with van der Waals surface area (Å²) < 4.78 is 2.11. The van der Waals surface area contributed by atoms with Crippen molar-refractivity contribution in [3.63, 3.8) is 0 Å². The van der Waals surface area contributed by atoms with Crippen molar-refractivity contribution in [3.05, 3.63) is 53.6 Å². The van der Waals surface area contributed by atoms with Gasteiger partial charge in [0, 0.05) is 18.1 Å². The van der Waals surface area contributed by atoms with E-state index in [1.807, 2.05) is 29.2 Å². The summed E-state index contributed by atoms with van der Waals surface area (Å²) in [6, 6.07) is 14.2. The van der Waals surface area contributed by atoms with Crippen molar-refractivity contribution in [3.8, 4) is 0 Å². The van der Waals surface area contributed by atoms with E-state index >= 15 is 0 Å². The van der Waals surface area contributed by atoms with Crippen molar-refractivity contribution < 1.29 is 9.59 Å². The standard InChI is InChI=1S/C19H15ClN4O2/c20-12-4-3-5-13(10-12)24-17(25)11-16(18(24)26)23-9-8-22-15-7-2-1-6-14(15)21-19(22)23/h1-7,10,16H,8-9,11H2. The van der Waals surface area contributed by atoms with Crippen LogP contribution in [0.1, 0.15) is 6.42 Å². The number of halogens is 1. The Morgan fingerprint density at radius 1 is 1.04 bits per heavy atom. The number of rotatable bonds is 2. The number of nitrogens with zero attached hydrogens (tertiary/aromatic N) is 4. The Kier molecular flexibility index (Phi) is 3.30. The Morgan fingerprint density at radius 2 is 1.88 bits per heavy atom. The lowest BCUT2D eigenvalue weighted by Gasteiger charge is -2.22. The Morgan fingerprint density at radius 3 is 2.73 bits per heavy atom. The minimum absolute atomic E-state index is 0.147. The highest BCUT2D eigenvalue weighted by atomic mass is 35.5. The average Bonchev–Trinajstić information content (AvgIpc) is 3.27. The van der Waals surface area contributed by atoms with Gasteiger partial charge < -0.3 is 9.47 Å². The molecule has 1 fully saturated rings. The fourth-order valence-electron chi connectivity index (χ4n) is 3.85. The molecule has 0 spiro atoms. The van der Waals surface area contributed by atoms with Crippen LogP contribution in [0.15, 0.2) is 48.5 Å². The second-order valence-corrected chi connectivity index (χ2v) is 6.95. The van der Waals surface area contributed by atoms with E-state index in [2.05, 4.69) is 9.55 Å². The number of anilines is 2. The van der Waals surface area contributed by atoms with Crippen molar-refractivity contribution >= 4 is 46.1 Å². The quantitative estimate of drug-likeness (QED) is 0.654. The van der Waals surface area contributed by atoms with E-state index in [0.29, 0.717) is 17.3 Å².